The molecule has 0 rings (SSSR count). The summed E-state index contributed by atoms with van der Waals surface area (Å²) < 4.78 is 4.82. The van der Waals surface area contributed by atoms with E-state index in [-0.39, 0.29) is 12.1 Å². The van der Waals surface area contributed by atoms with Crippen molar-refractivity contribution in [2.45, 2.75) is 33.2 Å². The summed E-state index contributed by atoms with van der Waals surface area (Å²) in [6.07, 6.45) is 0. The van der Waals surface area contributed by atoms with Crippen LogP contribution in [0.15, 0.2) is 22.1 Å². The molecule has 0 fully saturated rings. The van der Waals surface area contributed by atoms with Crippen molar-refractivity contribution in [3.8, 4) is 0 Å². The van der Waals surface area contributed by atoms with Crippen LogP contribution in [-0.4, -0.2) is 30.7 Å². The molecule has 0 aromatic carbocycles. The number of hydrogen-bond donors (Lipinski definition) is 0. The standard InChI is InChI=1S/C11H18N2O2/c1-9(2)10(14)15-7-6-12-8-13-11(3,4)5/h1,6-7H2,2-5H3. The molecule has 0 aromatic rings. The Labute approximate surface area is 90.8 Å². The Bertz CT molecular complexity index is 294. The predicted molar refractivity (Wildman–Crippen MR) is 60.3 cm³/mol. The highest BCUT2D eigenvalue weighted by molar-refractivity contribution is 5.86. The molecule has 0 radical (unpaired) electrons. The van der Waals surface area contributed by atoms with Gasteiger partial charge in [0.05, 0.1) is 18.1 Å². The van der Waals surface area contributed by atoms with Crippen molar-refractivity contribution < 1.29 is 9.53 Å². The van der Waals surface area contributed by atoms with E-state index >= 15 is 0 Å². The van der Waals surface area contributed by atoms with Crippen molar-refractivity contribution in [3.63, 3.8) is 0 Å². The first-order valence-electron chi connectivity index (χ1n) is 4.79. The Kier molecular flexibility index (Phi) is 5.57. The van der Waals surface area contributed by atoms with Crippen LogP contribution in [0.1, 0.15) is 27.7 Å². The summed E-state index contributed by atoms with van der Waals surface area (Å²) in [6.45, 7) is 11.5. The lowest BCUT2D eigenvalue weighted by Crippen LogP contribution is -2.09. The summed E-state index contributed by atoms with van der Waals surface area (Å²) in [7, 11) is 0. The number of aliphatic imine (C=N–C) groups is 2. The fourth-order valence-corrected chi connectivity index (χ4v) is 0.543. The molecule has 0 N–H and O–H groups in total. The summed E-state index contributed by atoms with van der Waals surface area (Å²) in [5.41, 5.74) is 0.222. The lowest BCUT2D eigenvalue weighted by atomic mass is 10.1. The molecule has 0 aliphatic carbocycles. The van der Waals surface area contributed by atoms with Crippen molar-refractivity contribution in [1.82, 2.24) is 0 Å². The first-order valence-corrected chi connectivity index (χ1v) is 4.79. The summed E-state index contributed by atoms with van der Waals surface area (Å²) >= 11 is 0. The van der Waals surface area contributed by atoms with Gasteiger partial charge in [-0.25, -0.2) is 14.8 Å². The molecule has 0 aliphatic heterocycles. The summed E-state index contributed by atoms with van der Waals surface area (Å²) in [4.78, 5) is 18.8. The zero-order valence-electron chi connectivity index (χ0n) is 9.83. The Hall–Kier alpha value is -1.41. The molecule has 0 unspecified atom stereocenters. The Morgan fingerprint density at radius 2 is 2.07 bits per heavy atom. The average molecular weight is 210 g/mol. The molecule has 84 valence electrons. The van der Waals surface area contributed by atoms with Gasteiger partial charge in [-0.1, -0.05) is 6.58 Å². The predicted octanol–water partition coefficient (Wildman–Crippen LogP) is 2.08. The Morgan fingerprint density at radius 3 is 2.53 bits per heavy atom. The van der Waals surface area contributed by atoms with Crippen LogP contribution in [-0.2, 0) is 9.53 Å². The van der Waals surface area contributed by atoms with Crippen LogP contribution in [0.3, 0.4) is 0 Å². The van der Waals surface area contributed by atoms with Gasteiger partial charge in [0.2, 0.25) is 0 Å². The third-order valence-electron chi connectivity index (χ3n) is 1.24. The van der Waals surface area contributed by atoms with Gasteiger partial charge in [-0.2, -0.15) is 0 Å². The third-order valence-corrected chi connectivity index (χ3v) is 1.24. The van der Waals surface area contributed by atoms with E-state index in [9.17, 15) is 4.79 Å². The van der Waals surface area contributed by atoms with Gasteiger partial charge in [-0.3, -0.25) is 0 Å². The van der Waals surface area contributed by atoms with E-state index in [0.29, 0.717) is 12.1 Å². The maximum absolute atomic E-state index is 10.9. The number of esters is 1. The normalized spacial score (nSPS) is 10.1. The van der Waals surface area contributed by atoms with Crippen LogP contribution < -0.4 is 0 Å². The van der Waals surface area contributed by atoms with Crippen molar-refractivity contribution in [2.24, 2.45) is 9.98 Å². The summed E-state index contributed by atoms with van der Waals surface area (Å²) in [6, 6.07) is 2.56. The Balaban J connectivity index is 3.77. The molecule has 0 heterocycles. The van der Waals surface area contributed by atoms with E-state index in [4.69, 9.17) is 4.74 Å². The second-order valence-electron chi connectivity index (χ2n) is 4.18. The Morgan fingerprint density at radius 1 is 1.47 bits per heavy atom. The van der Waals surface area contributed by atoms with Gasteiger partial charge in [0.15, 0.2) is 0 Å². The molecule has 0 saturated heterocycles. The zero-order chi connectivity index (χ0) is 11.9. The minimum atomic E-state index is -0.391. The van der Waals surface area contributed by atoms with Crippen LogP contribution in [0, 0.1) is 0 Å². The van der Waals surface area contributed by atoms with Gasteiger partial charge < -0.3 is 4.74 Å². The van der Waals surface area contributed by atoms with Crippen molar-refractivity contribution in [3.05, 3.63) is 12.2 Å². The van der Waals surface area contributed by atoms with Gasteiger partial charge in [-0.15, -0.1) is 0 Å². The average Bonchev–Trinajstić information content (AvgIpc) is 2.08. The fourth-order valence-electron chi connectivity index (χ4n) is 0.543. The fraction of sp³-hybridized carbons (Fsp3) is 0.636. The first kappa shape index (κ1) is 13.6. The number of carbonyl (C=O) groups is 1. The van der Waals surface area contributed by atoms with E-state index in [1.807, 2.05) is 20.8 Å². The molecule has 4 nitrogen and oxygen atoms in total. The van der Waals surface area contributed by atoms with Gasteiger partial charge in [0.1, 0.15) is 6.61 Å². The zero-order valence-corrected chi connectivity index (χ0v) is 9.83. The highest BCUT2D eigenvalue weighted by Gasteiger charge is 2.04. The lowest BCUT2D eigenvalue weighted by molar-refractivity contribution is -0.138. The third kappa shape index (κ3) is 8.91. The SMILES string of the molecule is C=C(C)C(=O)OCCN=C=NC(C)(C)C. The number of nitrogens with zero attached hydrogens (tertiary/aromatic N) is 2. The van der Waals surface area contributed by atoms with Gasteiger partial charge in [-0.05, 0) is 27.7 Å². The number of rotatable bonds is 4. The lowest BCUT2D eigenvalue weighted by Gasteiger charge is -2.06. The maximum Gasteiger partial charge on any atom is 0.333 e. The first-order chi connectivity index (χ1) is 6.83. The van der Waals surface area contributed by atoms with Crippen LogP contribution in [0.2, 0.25) is 0 Å². The molecular formula is C11H18N2O2. The highest BCUT2D eigenvalue weighted by atomic mass is 16.5. The van der Waals surface area contributed by atoms with E-state index in [1.54, 1.807) is 6.92 Å². The topological polar surface area (TPSA) is 51.0 Å². The number of hydrogen-bond acceptors (Lipinski definition) is 4. The van der Waals surface area contributed by atoms with Crippen LogP contribution in [0.4, 0.5) is 0 Å². The number of carbonyl (C=O) groups excluding carboxylic acids is 1. The minimum absolute atomic E-state index is 0.169. The summed E-state index contributed by atoms with van der Waals surface area (Å²) in [5, 5.41) is 0. The molecule has 0 atom stereocenters. The van der Waals surface area contributed by atoms with Crippen molar-refractivity contribution in [1.29, 1.82) is 0 Å². The van der Waals surface area contributed by atoms with Crippen molar-refractivity contribution >= 4 is 12.0 Å². The quantitative estimate of drug-likeness (QED) is 0.309. The van der Waals surface area contributed by atoms with Gasteiger partial charge in [0.25, 0.3) is 0 Å². The largest absolute Gasteiger partial charge is 0.460 e. The van der Waals surface area contributed by atoms with Gasteiger partial charge >= 0.3 is 5.97 Å². The van der Waals surface area contributed by atoms with E-state index in [2.05, 4.69) is 22.6 Å². The number of ether oxygens (including phenoxy) is 1. The molecule has 0 saturated carbocycles. The minimum Gasteiger partial charge on any atom is -0.460 e. The van der Waals surface area contributed by atoms with Crippen LogP contribution in [0.25, 0.3) is 0 Å². The second kappa shape index (κ2) is 6.14. The smallest absolute Gasteiger partial charge is 0.333 e. The molecular weight excluding hydrogens is 192 g/mol. The van der Waals surface area contributed by atoms with E-state index in [1.165, 1.54) is 0 Å². The van der Waals surface area contributed by atoms with E-state index in [0.717, 1.165) is 0 Å². The molecule has 4 heteroatoms. The highest BCUT2D eigenvalue weighted by Crippen LogP contribution is 2.03. The summed E-state index contributed by atoms with van der Waals surface area (Å²) in [5.74, 6) is -0.391. The molecule has 0 aliphatic rings. The molecule has 0 spiro atoms. The second-order valence-corrected chi connectivity index (χ2v) is 4.18. The molecule has 15 heavy (non-hydrogen) atoms. The molecule has 0 aromatic heterocycles. The van der Waals surface area contributed by atoms with E-state index < -0.39 is 5.97 Å². The maximum atomic E-state index is 10.9. The monoisotopic (exact) mass is 210 g/mol. The van der Waals surface area contributed by atoms with Crippen LogP contribution in [0.5, 0.6) is 0 Å². The molecule has 0 amide bonds. The van der Waals surface area contributed by atoms with Crippen LogP contribution >= 0.6 is 0 Å². The molecule has 0 bridgehead atoms. The van der Waals surface area contributed by atoms with Gasteiger partial charge in [0, 0.05) is 5.57 Å². The van der Waals surface area contributed by atoms with Crippen molar-refractivity contribution in [2.75, 3.05) is 13.2 Å².